The first-order valence-electron chi connectivity index (χ1n) is 3.83. The fraction of sp³-hybridized carbons (Fsp3) is 0. The van der Waals surface area contributed by atoms with Gasteiger partial charge in [0.05, 0.1) is 0 Å². The van der Waals surface area contributed by atoms with Gasteiger partial charge < -0.3 is 0 Å². The van der Waals surface area contributed by atoms with Crippen molar-refractivity contribution in [3.8, 4) is 18.2 Å². The van der Waals surface area contributed by atoms with E-state index in [9.17, 15) is 0 Å². The van der Waals surface area contributed by atoms with E-state index < -0.39 is 0 Å². The highest BCUT2D eigenvalue weighted by atomic mass is 15.3. The van der Waals surface area contributed by atoms with Crippen LogP contribution in [-0.4, -0.2) is 14.8 Å². The summed E-state index contributed by atoms with van der Waals surface area (Å²) in [5, 5.41) is 4.04. The summed E-state index contributed by atoms with van der Waals surface area (Å²) in [6.07, 6.45) is 10.4. The van der Waals surface area contributed by atoms with Crippen LogP contribution in [0, 0.1) is 12.3 Å². The highest BCUT2D eigenvalue weighted by Crippen LogP contribution is 2.02. The van der Waals surface area contributed by atoms with E-state index in [1.807, 2.05) is 24.4 Å². The molecule has 2 heterocycles. The first-order chi connectivity index (χ1) is 6.40. The molecule has 0 saturated carbocycles. The zero-order valence-electron chi connectivity index (χ0n) is 6.88. The first kappa shape index (κ1) is 7.56. The highest BCUT2D eigenvalue weighted by Gasteiger charge is 1.95. The molecule has 62 valence electrons. The van der Waals surface area contributed by atoms with Gasteiger partial charge in [-0.3, -0.25) is 0 Å². The fourth-order valence-electron chi connectivity index (χ4n) is 1.01. The standard InChI is InChI=1S/C10H7N3/c1-2-9-4-5-10(11-8-9)13-7-3-6-12-13/h1,3-8H. The lowest BCUT2D eigenvalue weighted by Gasteiger charge is -1.98. The molecule has 0 radical (unpaired) electrons. The van der Waals surface area contributed by atoms with Crippen LogP contribution in [0.1, 0.15) is 5.56 Å². The van der Waals surface area contributed by atoms with Crippen molar-refractivity contribution in [2.24, 2.45) is 0 Å². The number of hydrogen-bond donors (Lipinski definition) is 0. The van der Waals surface area contributed by atoms with Gasteiger partial charge in [0.15, 0.2) is 5.82 Å². The molecule has 2 aromatic rings. The van der Waals surface area contributed by atoms with E-state index in [2.05, 4.69) is 16.0 Å². The second kappa shape index (κ2) is 3.11. The van der Waals surface area contributed by atoms with Crippen LogP contribution >= 0.6 is 0 Å². The van der Waals surface area contributed by atoms with E-state index in [0.29, 0.717) is 0 Å². The monoisotopic (exact) mass is 169 g/mol. The molecule has 2 rings (SSSR count). The smallest absolute Gasteiger partial charge is 0.153 e. The zero-order valence-corrected chi connectivity index (χ0v) is 6.88. The third-order valence-corrected chi connectivity index (χ3v) is 1.65. The molecule has 0 saturated heterocycles. The summed E-state index contributed by atoms with van der Waals surface area (Å²) >= 11 is 0. The molecular weight excluding hydrogens is 162 g/mol. The van der Waals surface area contributed by atoms with Crippen LogP contribution in [0.2, 0.25) is 0 Å². The van der Waals surface area contributed by atoms with Gasteiger partial charge >= 0.3 is 0 Å². The second-order valence-corrected chi connectivity index (χ2v) is 2.50. The van der Waals surface area contributed by atoms with Gasteiger partial charge in [0.2, 0.25) is 0 Å². The van der Waals surface area contributed by atoms with Crippen LogP contribution in [-0.2, 0) is 0 Å². The summed E-state index contributed by atoms with van der Waals surface area (Å²) in [5.74, 6) is 3.27. The molecule has 0 aromatic carbocycles. The maximum Gasteiger partial charge on any atom is 0.153 e. The van der Waals surface area contributed by atoms with Crippen LogP contribution in [0.4, 0.5) is 0 Å². The van der Waals surface area contributed by atoms with Crippen molar-refractivity contribution in [3.05, 3.63) is 42.4 Å². The average Bonchev–Trinajstić information content (AvgIpc) is 2.71. The Balaban J connectivity index is 2.40. The van der Waals surface area contributed by atoms with Gasteiger partial charge in [-0.15, -0.1) is 6.42 Å². The number of aromatic nitrogens is 3. The van der Waals surface area contributed by atoms with Crippen molar-refractivity contribution >= 4 is 0 Å². The molecule has 3 nitrogen and oxygen atoms in total. The largest absolute Gasteiger partial charge is 0.236 e. The van der Waals surface area contributed by atoms with E-state index in [1.54, 1.807) is 17.1 Å². The van der Waals surface area contributed by atoms with Crippen molar-refractivity contribution < 1.29 is 0 Å². The fourth-order valence-corrected chi connectivity index (χ4v) is 1.01. The van der Waals surface area contributed by atoms with Gasteiger partial charge in [0.1, 0.15) is 0 Å². The Morgan fingerprint density at radius 2 is 2.31 bits per heavy atom. The van der Waals surface area contributed by atoms with Gasteiger partial charge in [-0.05, 0) is 18.2 Å². The summed E-state index contributed by atoms with van der Waals surface area (Å²) in [6.45, 7) is 0. The van der Waals surface area contributed by atoms with Crippen LogP contribution < -0.4 is 0 Å². The predicted octanol–water partition coefficient (Wildman–Crippen LogP) is 1.25. The van der Waals surface area contributed by atoms with Crippen molar-refractivity contribution in [1.82, 2.24) is 14.8 Å². The van der Waals surface area contributed by atoms with E-state index in [-0.39, 0.29) is 0 Å². The van der Waals surface area contributed by atoms with Gasteiger partial charge in [-0.1, -0.05) is 5.92 Å². The van der Waals surface area contributed by atoms with Crippen molar-refractivity contribution in [3.63, 3.8) is 0 Å². The Labute approximate surface area is 76.0 Å². The minimum absolute atomic E-state index is 0.768. The van der Waals surface area contributed by atoms with Crippen LogP contribution in [0.3, 0.4) is 0 Å². The van der Waals surface area contributed by atoms with Gasteiger partial charge in [0, 0.05) is 24.2 Å². The topological polar surface area (TPSA) is 30.7 Å². The molecular formula is C10H7N3. The Hall–Kier alpha value is -2.08. The van der Waals surface area contributed by atoms with Crippen LogP contribution in [0.15, 0.2) is 36.8 Å². The van der Waals surface area contributed by atoms with E-state index in [1.165, 1.54) is 0 Å². The quantitative estimate of drug-likeness (QED) is 0.601. The molecule has 2 aromatic heterocycles. The molecule has 0 unspecified atom stereocenters. The normalized spacial score (nSPS) is 9.46. The first-order valence-corrected chi connectivity index (χ1v) is 3.83. The summed E-state index contributed by atoms with van der Waals surface area (Å²) in [7, 11) is 0. The molecule has 0 aliphatic rings. The van der Waals surface area contributed by atoms with E-state index >= 15 is 0 Å². The summed E-state index contributed by atoms with van der Waals surface area (Å²) < 4.78 is 1.68. The molecule has 0 aliphatic heterocycles. The lowest BCUT2D eigenvalue weighted by atomic mass is 10.3. The summed E-state index contributed by atoms with van der Waals surface area (Å²) in [4.78, 5) is 4.15. The SMILES string of the molecule is C#Cc1ccc(-n2cccn2)nc1. The Kier molecular flexibility index (Phi) is 1.81. The molecule has 0 fully saturated rings. The predicted molar refractivity (Wildman–Crippen MR) is 49.3 cm³/mol. The number of terminal acetylenes is 1. The third kappa shape index (κ3) is 1.42. The maximum atomic E-state index is 5.21. The van der Waals surface area contributed by atoms with Gasteiger partial charge in [-0.2, -0.15) is 5.10 Å². The molecule has 0 atom stereocenters. The number of rotatable bonds is 1. The van der Waals surface area contributed by atoms with Crippen molar-refractivity contribution in [2.45, 2.75) is 0 Å². The lowest BCUT2D eigenvalue weighted by Crippen LogP contribution is -1.96. The van der Waals surface area contributed by atoms with E-state index in [4.69, 9.17) is 6.42 Å². The van der Waals surface area contributed by atoms with E-state index in [0.717, 1.165) is 11.4 Å². The third-order valence-electron chi connectivity index (χ3n) is 1.65. The Morgan fingerprint density at radius 3 is 2.85 bits per heavy atom. The van der Waals surface area contributed by atoms with Gasteiger partial charge in [0.25, 0.3) is 0 Å². The minimum atomic E-state index is 0.768. The molecule has 13 heavy (non-hydrogen) atoms. The molecule has 0 bridgehead atoms. The molecule has 0 aliphatic carbocycles. The molecule has 0 amide bonds. The number of nitrogens with zero attached hydrogens (tertiary/aromatic N) is 3. The van der Waals surface area contributed by atoms with Crippen molar-refractivity contribution in [1.29, 1.82) is 0 Å². The van der Waals surface area contributed by atoms with Gasteiger partial charge in [-0.25, -0.2) is 9.67 Å². The summed E-state index contributed by atoms with van der Waals surface area (Å²) in [5.41, 5.74) is 0.774. The Bertz CT molecular complexity index is 420. The van der Waals surface area contributed by atoms with Crippen molar-refractivity contribution in [2.75, 3.05) is 0 Å². The van der Waals surface area contributed by atoms with Crippen LogP contribution in [0.5, 0.6) is 0 Å². The van der Waals surface area contributed by atoms with Crippen LogP contribution in [0.25, 0.3) is 5.82 Å². The maximum absolute atomic E-state index is 5.21. The number of hydrogen-bond acceptors (Lipinski definition) is 2. The average molecular weight is 169 g/mol. The highest BCUT2D eigenvalue weighted by molar-refractivity contribution is 5.33. The molecule has 0 N–H and O–H groups in total. The summed E-state index contributed by atoms with van der Waals surface area (Å²) in [6, 6.07) is 5.52. The molecule has 0 spiro atoms. The number of pyridine rings is 1. The molecule has 3 heteroatoms. The second-order valence-electron chi connectivity index (χ2n) is 2.50. The lowest BCUT2D eigenvalue weighted by molar-refractivity contribution is 0.846. The minimum Gasteiger partial charge on any atom is -0.236 e. The zero-order chi connectivity index (χ0) is 9.10. The Morgan fingerprint density at radius 1 is 1.38 bits per heavy atom.